The highest BCUT2D eigenvalue weighted by Crippen LogP contribution is 2.30. The van der Waals surface area contributed by atoms with Gasteiger partial charge in [-0.1, -0.05) is 25.7 Å². The first-order valence-electron chi connectivity index (χ1n) is 10.5. The molecule has 2 atom stereocenters. The monoisotopic (exact) mass is 424 g/mol. The molecule has 7 nitrogen and oxygen atoms in total. The number of sulfonamides is 1. The lowest BCUT2D eigenvalue weighted by Crippen LogP contribution is -2.46. The quantitative estimate of drug-likeness (QED) is 0.785. The number of benzene rings is 1. The standard InChI is InChI=1S/C21H32N2O5S/c1-22(18-9-5-6-10-19(18)24)29(26,27)16-11-12-20(28-2)17(15-16)21(25)23-13-7-3-4-8-14-23/h11-12,15,18-19,24H,3-10,13-14H2,1-2H3. The Labute approximate surface area is 173 Å². The summed E-state index contributed by atoms with van der Waals surface area (Å²) in [5.74, 6) is 0.180. The molecule has 1 heterocycles. The van der Waals surface area contributed by atoms with E-state index in [4.69, 9.17) is 4.74 Å². The summed E-state index contributed by atoms with van der Waals surface area (Å²) in [5, 5.41) is 10.3. The van der Waals surface area contributed by atoms with Crippen LogP contribution in [0.3, 0.4) is 0 Å². The summed E-state index contributed by atoms with van der Waals surface area (Å²) < 4.78 is 33.1. The first-order chi connectivity index (χ1) is 13.9. The molecule has 1 aromatic rings. The van der Waals surface area contributed by atoms with Gasteiger partial charge < -0.3 is 14.7 Å². The second-order valence-corrected chi connectivity index (χ2v) is 10.0. The molecule has 2 aliphatic rings. The molecule has 1 saturated heterocycles. The number of likely N-dealkylation sites (tertiary alicyclic amines) is 1. The smallest absolute Gasteiger partial charge is 0.257 e. The van der Waals surface area contributed by atoms with Crippen molar-refractivity contribution in [3.8, 4) is 5.75 Å². The van der Waals surface area contributed by atoms with Gasteiger partial charge in [-0.05, 0) is 43.9 Å². The van der Waals surface area contributed by atoms with Crippen molar-refractivity contribution in [2.45, 2.75) is 68.4 Å². The molecular formula is C21H32N2O5S. The molecule has 0 aromatic heterocycles. The van der Waals surface area contributed by atoms with E-state index in [1.165, 1.54) is 30.6 Å². The molecular weight excluding hydrogens is 392 g/mol. The summed E-state index contributed by atoms with van der Waals surface area (Å²) in [6, 6.07) is 4.00. The molecule has 1 N–H and O–H groups in total. The van der Waals surface area contributed by atoms with Crippen LogP contribution in [0, 0.1) is 0 Å². The molecule has 2 fully saturated rings. The van der Waals surface area contributed by atoms with E-state index in [2.05, 4.69) is 0 Å². The zero-order valence-electron chi connectivity index (χ0n) is 17.3. The van der Waals surface area contributed by atoms with Crippen LogP contribution in [-0.2, 0) is 10.0 Å². The van der Waals surface area contributed by atoms with Crippen molar-refractivity contribution in [1.29, 1.82) is 0 Å². The minimum atomic E-state index is -3.84. The molecule has 1 aliphatic heterocycles. The van der Waals surface area contributed by atoms with Gasteiger partial charge in [-0.3, -0.25) is 4.79 Å². The molecule has 1 aliphatic carbocycles. The van der Waals surface area contributed by atoms with Gasteiger partial charge in [-0.25, -0.2) is 8.42 Å². The minimum Gasteiger partial charge on any atom is -0.496 e. The van der Waals surface area contributed by atoms with Crippen LogP contribution < -0.4 is 4.74 Å². The summed E-state index contributed by atoms with van der Waals surface area (Å²) in [5.41, 5.74) is 0.271. The van der Waals surface area contributed by atoms with Gasteiger partial charge in [-0.2, -0.15) is 4.31 Å². The van der Waals surface area contributed by atoms with E-state index in [0.717, 1.165) is 38.5 Å². The molecule has 1 amide bonds. The number of methoxy groups -OCH3 is 1. The van der Waals surface area contributed by atoms with Gasteiger partial charge in [0, 0.05) is 20.1 Å². The first-order valence-corrected chi connectivity index (χ1v) is 11.9. The van der Waals surface area contributed by atoms with E-state index in [9.17, 15) is 18.3 Å². The van der Waals surface area contributed by atoms with Crippen LogP contribution in [-0.4, -0.2) is 68.0 Å². The molecule has 29 heavy (non-hydrogen) atoms. The van der Waals surface area contributed by atoms with E-state index >= 15 is 0 Å². The van der Waals surface area contributed by atoms with Crippen LogP contribution in [0.2, 0.25) is 0 Å². The number of aliphatic hydroxyl groups excluding tert-OH is 1. The van der Waals surface area contributed by atoms with Crippen molar-refractivity contribution in [3.05, 3.63) is 23.8 Å². The highest BCUT2D eigenvalue weighted by molar-refractivity contribution is 7.89. The van der Waals surface area contributed by atoms with Crippen LogP contribution >= 0.6 is 0 Å². The van der Waals surface area contributed by atoms with Crippen molar-refractivity contribution >= 4 is 15.9 Å². The molecule has 8 heteroatoms. The lowest BCUT2D eigenvalue weighted by molar-refractivity contribution is 0.0637. The van der Waals surface area contributed by atoms with Gasteiger partial charge in [-0.15, -0.1) is 0 Å². The van der Waals surface area contributed by atoms with Crippen molar-refractivity contribution in [1.82, 2.24) is 9.21 Å². The van der Waals surface area contributed by atoms with E-state index < -0.39 is 22.2 Å². The van der Waals surface area contributed by atoms with Gasteiger partial charge in [0.1, 0.15) is 5.75 Å². The van der Waals surface area contributed by atoms with E-state index in [1.54, 1.807) is 11.0 Å². The lowest BCUT2D eigenvalue weighted by Gasteiger charge is -2.34. The van der Waals surface area contributed by atoms with Crippen molar-refractivity contribution in [3.63, 3.8) is 0 Å². The summed E-state index contributed by atoms with van der Waals surface area (Å²) in [6.45, 7) is 1.35. The van der Waals surface area contributed by atoms with E-state index in [0.29, 0.717) is 31.7 Å². The molecule has 0 bridgehead atoms. The number of likely N-dealkylation sites (N-methyl/N-ethyl adjacent to an activating group) is 1. The average molecular weight is 425 g/mol. The predicted molar refractivity (Wildman–Crippen MR) is 111 cm³/mol. The Morgan fingerprint density at radius 3 is 2.38 bits per heavy atom. The fraction of sp³-hybridized carbons (Fsp3) is 0.667. The number of nitrogens with zero attached hydrogens (tertiary/aromatic N) is 2. The lowest BCUT2D eigenvalue weighted by atomic mass is 9.93. The van der Waals surface area contributed by atoms with Crippen molar-refractivity contribution in [2.75, 3.05) is 27.2 Å². The highest BCUT2D eigenvalue weighted by atomic mass is 32.2. The number of ether oxygens (including phenoxy) is 1. The number of hydrogen-bond donors (Lipinski definition) is 1. The van der Waals surface area contributed by atoms with Crippen LogP contribution in [0.15, 0.2) is 23.1 Å². The number of aliphatic hydroxyl groups is 1. The number of hydrogen-bond acceptors (Lipinski definition) is 5. The number of amides is 1. The largest absolute Gasteiger partial charge is 0.496 e. The fourth-order valence-corrected chi connectivity index (χ4v) is 5.76. The molecule has 1 saturated carbocycles. The van der Waals surface area contributed by atoms with Gasteiger partial charge in [0.2, 0.25) is 10.0 Å². The Balaban J connectivity index is 1.91. The summed E-state index contributed by atoms with van der Waals surface area (Å²) >= 11 is 0. The Morgan fingerprint density at radius 1 is 1.10 bits per heavy atom. The zero-order valence-corrected chi connectivity index (χ0v) is 18.2. The Hall–Kier alpha value is -1.64. The van der Waals surface area contributed by atoms with Gasteiger partial charge >= 0.3 is 0 Å². The van der Waals surface area contributed by atoms with Gasteiger partial charge in [0.05, 0.1) is 29.7 Å². The number of carbonyl (C=O) groups excluding carboxylic acids is 1. The first kappa shape index (κ1) is 22.1. The van der Waals surface area contributed by atoms with Crippen LogP contribution in [0.25, 0.3) is 0 Å². The van der Waals surface area contributed by atoms with Crippen molar-refractivity contribution < 1.29 is 23.1 Å². The third kappa shape index (κ3) is 4.75. The SMILES string of the molecule is COc1ccc(S(=O)(=O)N(C)C2CCCCC2O)cc1C(=O)N1CCCCCC1. The maximum absolute atomic E-state index is 13.2. The molecule has 0 radical (unpaired) electrons. The summed E-state index contributed by atoms with van der Waals surface area (Å²) in [7, 11) is -0.855. The van der Waals surface area contributed by atoms with E-state index in [-0.39, 0.29) is 16.4 Å². The maximum atomic E-state index is 13.2. The fourth-order valence-electron chi connectivity index (χ4n) is 4.32. The van der Waals surface area contributed by atoms with Gasteiger partial charge in [0.25, 0.3) is 5.91 Å². The van der Waals surface area contributed by atoms with Crippen molar-refractivity contribution in [2.24, 2.45) is 0 Å². The third-order valence-corrected chi connectivity index (χ3v) is 8.01. The van der Waals surface area contributed by atoms with Gasteiger partial charge in [0.15, 0.2) is 0 Å². The molecule has 0 spiro atoms. The Morgan fingerprint density at radius 2 is 1.76 bits per heavy atom. The second kappa shape index (κ2) is 9.45. The summed E-state index contributed by atoms with van der Waals surface area (Å²) in [4.78, 5) is 15.0. The van der Waals surface area contributed by atoms with E-state index in [1.807, 2.05) is 0 Å². The third-order valence-electron chi connectivity index (χ3n) is 6.13. The van der Waals surface area contributed by atoms with Crippen LogP contribution in [0.4, 0.5) is 0 Å². The zero-order chi connectivity index (χ0) is 21.0. The number of rotatable bonds is 5. The summed E-state index contributed by atoms with van der Waals surface area (Å²) in [6.07, 6.45) is 6.47. The molecule has 3 rings (SSSR count). The molecule has 162 valence electrons. The average Bonchev–Trinajstić information content (AvgIpc) is 3.02. The van der Waals surface area contributed by atoms with Crippen LogP contribution in [0.1, 0.15) is 61.7 Å². The topological polar surface area (TPSA) is 87.1 Å². The second-order valence-electron chi connectivity index (χ2n) is 8.01. The minimum absolute atomic E-state index is 0.0525. The Bertz CT molecular complexity index is 818. The maximum Gasteiger partial charge on any atom is 0.257 e. The van der Waals surface area contributed by atoms with Crippen LogP contribution in [0.5, 0.6) is 5.75 Å². The highest BCUT2D eigenvalue weighted by Gasteiger charge is 2.35. The number of carbonyl (C=O) groups is 1. The Kier molecular flexibility index (Phi) is 7.19. The molecule has 1 aromatic carbocycles. The molecule has 2 unspecified atom stereocenters. The normalized spacial score (nSPS) is 23.7. The predicted octanol–water partition coefficient (Wildman–Crippen LogP) is 2.64.